The summed E-state index contributed by atoms with van der Waals surface area (Å²) in [7, 11) is 0. The first kappa shape index (κ1) is 30.0. The normalized spacial score (nSPS) is 14.0. The molecular formula is C52H32OS. The van der Waals surface area contributed by atoms with Gasteiger partial charge in [0.15, 0.2) is 0 Å². The van der Waals surface area contributed by atoms with Crippen LogP contribution in [0.4, 0.5) is 0 Å². The maximum absolute atomic E-state index is 6.33. The third-order valence-electron chi connectivity index (χ3n) is 11.8. The van der Waals surface area contributed by atoms with E-state index in [1.807, 2.05) is 17.4 Å². The maximum Gasteiger partial charge on any atom is 0.136 e. The lowest BCUT2D eigenvalue weighted by Crippen LogP contribution is -2.13. The van der Waals surface area contributed by atoms with E-state index < -0.39 is 0 Å². The average Bonchev–Trinajstić information content (AvgIpc) is 3.81. The molecule has 54 heavy (non-hydrogen) atoms. The topological polar surface area (TPSA) is 13.1 Å². The van der Waals surface area contributed by atoms with Crippen LogP contribution in [0.15, 0.2) is 180 Å². The Morgan fingerprint density at radius 3 is 2.07 bits per heavy atom. The average molecular weight is 705 g/mol. The molecular weight excluding hydrogens is 673 g/mol. The smallest absolute Gasteiger partial charge is 0.136 e. The molecule has 0 aliphatic heterocycles. The van der Waals surface area contributed by atoms with Crippen molar-refractivity contribution in [3.05, 3.63) is 193 Å². The first-order chi connectivity index (χ1) is 26.8. The molecule has 1 aliphatic carbocycles. The van der Waals surface area contributed by atoms with Gasteiger partial charge < -0.3 is 4.42 Å². The van der Waals surface area contributed by atoms with E-state index in [4.69, 9.17) is 4.42 Å². The molecule has 1 nitrogen and oxygen atoms in total. The van der Waals surface area contributed by atoms with Crippen LogP contribution in [0.2, 0.25) is 0 Å². The molecule has 11 aromatic rings. The Kier molecular flexibility index (Phi) is 6.40. The minimum absolute atomic E-state index is 0.215. The molecule has 1 atom stereocenters. The quantitative estimate of drug-likeness (QED) is 0.178. The van der Waals surface area contributed by atoms with Crippen molar-refractivity contribution in [2.24, 2.45) is 0 Å². The Morgan fingerprint density at radius 2 is 1.20 bits per heavy atom. The van der Waals surface area contributed by atoms with Crippen molar-refractivity contribution in [3.63, 3.8) is 0 Å². The molecule has 0 N–H and O–H groups in total. The molecule has 0 fully saturated rings. The first-order valence-electron chi connectivity index (χ1n) is 18.8. The van der Waals surface area contributed by atoms with E-state index in [1.165, 1.54) is 91.8 Å². The predicted octanol–water partition coefficient (Wildman–Crippen LogP) is 14.9. The second kappa shape index (κ2) is 11.5. The van der Waals surface area contributed by atoms with Gasteiger partial charge in [-0.2, -0.15) is 0 Å². The number of benzene rings is 9. The predicted molar refractivity (Wildman–Crippen MR) is 230 cm³/mol. The van der Waals surface area contributed by atoms with Gasteiger partial charge in [-0.25, -0.2) is 0 Å². The molecule has 1 aliphatic rings. The van der Waals surface area contributed by atoms with Crippen LogP contribution >= 0.6 is 11.3 Å². The molecule has 2 aromatic heterocycles. The van der Waals surface area contributed by atoms with Crippen LogP contribution in [0.5, 0.6) is 0 Å². The van der Waals surface area contributed by atoms with Gasteiger partial charge in [0.1, 0.15) is 11.2 Å². The largest absolute Gasteiger partial charge is 0.456 e. The fourth-order valence-electron chi connectivity index (χ4n) is 9.35. The fraction of sp³-hybridized carbons (Fsp3) is 0.0385. The Balaban J connectivity index is 1.06. The molecule has 252 valence electrons. The van der Waals surface area contributed by atoms with Gasteiger partial charge in [-0.1, -0.05) is 146 Å². The second-order valence-electron chi connectivity index (χ2n) is 14.7. The summed E-state index contributed by atoms with van der Waals surface area (Å²) in [5.74, 6) is 0.215. The van der Waals surface area contributed by atoms with E-state index in [9.17, 15) is 0 Å². The highest BCUT2D eigenvalue weighted by Gasteiger charge is 2.32. The van der Waals surface area contributed by atoms with Crippen LogP contribution in [-0.4, -0.2) is 0 Å². The van der Waals surface area contributed by atoms with Crippen molar-refractivity contribution in [2.75, 3.05) is 0 Å². The first-order valence-corrected chi connectivity index (χ1v) is 19.6. The van der Waals surface area contributed by atoms with E-state index in [0.29, 0.717) is 0 Å². The molecule has 2 heteroatoms. The van der Waals surface area contributed by atoms with E-state index in [-0.39, 0.29) is 5.92 Å². The summed E-state index contributed by atoms with van der Waals surface area (Å²) in [5, 5.41) is 10.2. The minimum atomic E-state index is 0.215. The van der Waals surface area contributed by atoms with Crippen LogP contribution in [0.25, 0.3) is 97.0 Å². The number of rotatable bonds is 3. The molecule has 0 saturated carbocycles. The van der Waals surface area contributed by atoms with Crippen molar-refractivity contribution in [1.29, 1.82) is 0 Å². The van der Waals surface area contributed by atoms with Crippen LogP contribution in [0.1, 0.15) is 22.6 Å². The lowest BCUT2D eigenvalue weighted by molar-refractivity contribution is 0.669. The van der Waals surface area contributed by atoms with E-state index >= 15 is 0 Å². The van der Waals surface area contributed by atoms with Gasteiger partial charge in [-0.3, -0.25) is 0 Å². The van der Waals surface area contributed by atoms with Crippen molar-refractivity contribution >= 4 is 75.0 Å². The molecule has 9 aromatic carbocycles. The molecule has 0 spiro atoms. The SMILES string of the molecule is c1ccc(-c2ccc3c(c2)-c2c(c4sc5ccccc5c4c4ccccc24)[C@@H](c2ccc(-c4cccc5cc6c(cc45)oc4ccccc46)cc2)C3)cc1. The maximum atomic E-state index is 6.33. The number of furan rings is 1. The van der Waals surface area contributed by atoms with Crippen LogP contribution in [0, 0.1) is 0 Å². The standard InChI is InChI=1S/C52H32OS/c1-2-11-31(12-3-1)34-25-26-36-28-43(51-49(44(36)27-34)39-15-4-5-16-40(39)50-41-17-7-9-20-48(41)54-52(50)51)33-23-21-32(22-24-33)37-18-10-13-35-29-45-38-14-6-8-19-46(38)53-47(45)30-42(35)37/h1-27,29-30,43H,28H2/t43-/m1/s1. The Hall–Kier alpha value is -6.48. The van der Waals surface area contributed by atoms with Crippen molar-refractivity contribution in [1.82, 2.24) is 0 Å². The summed E-state index contributed by atoms with van der Waals surface area (Å²) in [6.45, 7) is 0. The van der Waals surface area contributed by atoms with Crippen LogP contribution in [-0.2, 0) is 6.42 Å². The zero-order chi connectivity index (χ0) is 35.3. The summed E-state index contributed by atoms with van der Waals surface area (Å²) >= 11 is 1.96. The Morgan fingerprint density at radius 1 is 0.463 bits per heavy atom. The minimum Gasteiger partial charge on any atom is -0.456 e. The highest BCUT2D eigenvalue weighted by molar-refractivity contribution is 7.26. The number of hydrogen-bond donors (Lipinski definition) is 0. The monoisotopic (exact) mass is 704 g/mol. The Bertz CT molecular complexity index is 3290. The van der Waals surface area contributed by atoms with Gasteiger partial charge >= 0.3 is 0 Å². The number of hydrogen-bond acceptors (Lipinski definition) is 2. The fourth-order valence-corrected chi connectivity index (χ4v) is 10.7. The van der Waals surface area contributed by atoms with Gasteiger partial charge in [0.2, 0.25) is 0 Å². The number of thiophene rings is 1. The highest BCUT2D eigenvalue weighted by Crippen LogP contribution is 2.54. The summed E-state index contributed by atoms with van der Waals surface area (Å²) in [4.78, 5) is 0. The molecule has 0 saturated heterocycles. The van der Waals surface area contributed by atoms with Crippen LogP contribution in [0.3, 0.4) is 0 Å². The van der Waals surface area contributed by atoms with Gasteiger partial charge in [-0.05, 0) is 108 Å². The third-order valence-corrected chi connectivity index (χ3v) is 13.0. The van der Waals surface area contributed by atoms with Gasteiger partial charge in [0.25, 0.3) is 0 Å². The van der Waals surface area contributed by atoms with Gasteiger partial charge in [-0.15, -0.1) is 11.3 Å². The Labute approximate surface area is 316 Å². The number of para-hydroxylation sites is 1. The second-order valence-corrected chi connectivity index (χ2v) is 15.8. The number of fused-ring (bicyclic) bond motifs is 14. The lowest BCUT2D eigenvalue weighted by atomic mass is 9.73. The molecule has 0 radical (unpaired) electrons. The van der Waals surface area contributed by atoms with Crippen molar-refractivity contribution < 1.29 is 4.42 Å². The summed E-state index contributed by atoms with van der Waals surface area (Å²) in [6.07, 6.45) is 0.955. The summed E-state index contributed by atoms with van der Waals surface area (Å²) in [5.41, 5.74) is 13.8. The molecule has 12 rings (SSSR count). The van der Waals surface area contributed by atoms with E-state index in [1.54, 1.807) is 0 Å². The molecule has 0 unspecified atom stereocenters. The lowest BCUT2D eigenvalue weighted by Gasteiger charge is -2.31. The summed E-state index contributed by atoms with van der Waals surface area (Å²) < 4.78 is 9.09. The van der Waals surface area contributed by atoms with Crippen molar-refractivity contribution in [2.45, 2.75) is 12.3 Å². The van der Waals surface area contributed by atoms with Gasteiger partial charge in [0.05, 0.1) is 0 Å². The van der Waals surface area contributed by atoms with Crippen LogP contribution < -0.4 is 0 Å². The zero-order valence-corrected chi connectivity index (χ0v) is 30.2. The van der Waals surface area contributed by atoms with Gasteiger partial charge in [0, 0.05) is 36.9 Å². The molecule has 0 amide bonds. The summed E-state index contributed by atoms with van der Waals surface area (Å²) in [6, 6.07) is 65.0. The van der Waals surface area contributed by atoms with E-state index in [2.05, 4.69) is 170 Å². The van der Waals surface area contributed by atoms with E-state index in [0.717, 1.165) is 28.4 Å². The molecule has 0 bridgehead atoms. The highest BCUT2D eigenvalue weighted by atomic mass is 32.1. The zero-order valence-electron chi connectivity index (χ0n) is 29.3. The van der Waals surface area contributed by atoms with Crippen molar-refractivity contribution in [3.8, 4) is 33.4 Å². The third kappa shape index (κ3) is 4.38. The molecule has 2 heterocycles.